The van der Waals surface area contributed by atoms with Gasteiger partial charge < -0.3 is 14.2 Å². The quantitative estimate of drug-likeness (QED) is 0.400. The Hall–Kier alpha value is -3.60. The number of fused-ring (bicyclic) bond motifs is 1. The molecule has 1 aliphatic rings. The second kappa shape index (κ2) is 9.27. The lowest BCUT2D eigenvalue weighted by Gasteiger charge is -2.27. The van der Waals surface area contributed by atoms with Crippen molar-refractivity contribution in [3.05, 3.63) is 94.8 Å². The predicted molar refractivity (Wildman–Crippen MR) is 121 cm³/mol. The largest absolute Gasteiger partial charge is 0.496 e. The number of allylic oxidation sites excluding steroid dienone is 2. The first-order chi connectivity index (χ1) is 15.4. The molecule has 0 saturated carbocycles. The number of ketones is 1. The second-order valence-electron chi connectivity index (χ2n) is 8.00. The van der Waals surface area contributed by atoms with E-state index in [0.717, 1.165) is 11.1 Å². The van der Waals surface area contributed by atoms with Gasteiger partial charge in [-0.1, -0.05) is 23.8 Å². The monoisotopic (exact) mass is 432 g/mol. The summed E-state index contributed by atoms with van der Waals surface area (Å²) in [5, 5.41) is 0. The molecule has 164 valence electrons. The van der Waals surface area contributed by atoms with Crippen LogP contribution in [0.5, 0.6) is 23.0 Å². The lowest BCUT2D eigenvalue weighted by Crippen LogP contribution is -2.20. The average Bonchev–Trinajstić information content (AvgIpc) is 2.79. The number of Topliss-reactive ketones (excluding diaryl/α,β-unsaturated/α-hetero) is 1. The summed E-state index contributed by atoms with van der Waals surface area (Å²) in [6, 6.07) is 16.9. The Labute approximate surface area is 187 Å². The fraction of sp³-hybridized carbons (Fsp3) is 0.222. The highest BCUT2D eigenvalue weighted by atomic mass is 19.1. The summed E-state index contributed by atoms with van der Waals surface area (Å²) in [6.45, 7) is 4.08. The third-order valence-electron chi connectivity index (χ3n) is 5.35. The third-order valence-corrected chi connectivity index (χ3v) is 5.35. The molecule has 0 aliphatic carbocycles. The number of carbonyl (C=O) groups is 1. The van der Waals surface area contributed by atoms with Crippen LogP contribution in [0.4, 0.5) is 4.39 Å². The van der Waals surface area contributed by atoms with E-state index in [1.165, 1.54) is 17.7 Å². The van der Waals surface area contributed by atoms with Crippen molar-refractivity contribution in [2.75, 3.05) is 7.11 Å². The van der Waals surface area contributed by atoms with Crippen molar-refractivity contribution in [3.8, 4) is 23.0 Å². The van der Waals surface area contributed by atoms with Crippen molar-refractivity contribution in [3.63, 3.8) is 0 Å². The van der Waals surface area contributed by atoms with Crippen LogP contribution in [0.1, 0.15) is 47.9 Å². The lowest BCUT2D eigenvalue weighted by atomic mass is 9.94. The summed E-state index contributed by atoms with van der Waals surface area (Å²) in [5.74, 6) is 2.15. The molecule has 0 unspecified atom stereocenters. The molecule has 0 spiro atoms. The van der Waals surface area contributed by atoms with Crippen LogP contribution >= 0.6 is 0 Å². The smallest absolute Gasteiger partial charge is 0.170 e. The summed E-state index contributed by atoms with van der Waals surface area (Å²) in [7, 11) is 1.62. The zero-order chi connectivity index (χ0) is 22.7. The van der Waals surface area contributed by atoms with Gasteiger partial charge in [0.2, 0.25) is 0 Å². The number of benzene rings is 3. The molecule has 3 aromatic carbocycles. The van der Waals surface area contributed by atoms with E-state index in [1.54, 1.807) is 25.3 Å². The molecule has 0 radical (unpaired) electrons. The van der Waals surface area contributed by atoms with Crippen molar-refractivity contribution >= 4 is 5.78 Å². The predicted octanol–water partition coefficient (Wildman–Crippen LogP) is 6.84. The highest BCUT2D eigenvalue weighted by Gasteiger charge is 2.29. The van der Waals surface area contributed by atoms with Gasteiger partial charge in [-0.05, 0) is 73.9 Å². The maximum absolute atomic E-state index is 13.1. The summed E-state index contributed by atoms with van der Waals surface area (Å²) in [5.41, 5.74) is 3.64. The van der Waals surface area contributed by atoms with E-state index in [-0.39, 0.29) is 24.1 Å². The Kier molecular flexibility index (Phi) is 6.26. The summed E-state index contributed by atoms with van der Waals surface area (Å²) < 4.78 is 30.5. The van der Waals surface area contributed by atoms with Crippen molar-refractivity contribution in [2.45, 2.75) is 32.8 Å². The Bertz CT molecular complexity index is 1140. The molecule has 5 heteroatoms. The Morgan fingerprint density at radius 3 is 2.34 bits per heavy atom. The molecule has 0 fully saturated rings. The standard InChI is InChI=1S/C27H25FO4/c1-17(2)4-5-19-14-23-24(29)15-26(32-27(23)16-25(19)30-3)18-6-10-21(11-7-18)31-22-12-8-20(28)9-13-22/h4,6-14,16,26H,5,15H2,1-3H3/t26-/m0/s1. The molecule has 0 aromatic heterocycles. The molecule has 1 aliphatic heterocycles. The number of methoxy groups -OCH3 is 1. The van der Waals surface area contributed by atoms with Crippen molar-refractivity contribution < 1.29 is 23.4 Å². The molecule has 3 aromatic rings. The molecule has 0 saturated heterocycles. The van der Waals surface area contributed by atoms with Crippen molar-refractivity contribution in [1.82, 2.24) is 0 Å². The minimum absolute atomic E-state index is 0.0454. The maximum Gasteiger partial charge on any atom is 0.170 e. The van der Waals surface area contributed by atoms with E-state index in [9.17, 15) is 9.18 Å². The average molecular weight is 432 g/mol. The number of rotatable bonds is 6. The van der Waals surface area contributed by atoms with E-state index < -0.39 is 0 Å². The van der Waals surface area contributed by atoms with Gasteiger partial charge in [0.25, 0.3) is 0 Å². The molecule has 0 bridgehead atoms. The molecule has 0 amide bonds. The molecule has 4 rings (SSSR count). The Morgan fingerprint density at radius 2 is 1.72 bits per heavy atom. The molecule has 1 heterocycles. The van der Waals surface area contributed by atoms with Gasteiger partial charge >= 0.3 is 0 Å². The number of hydrogen-bond donors (Lipinski definition) is 0. The summed E-state index contributed by atoms with van der Waals surface area (Å²) in [4.78, 5) is 12.9. The molecule has 0 N–H and O–H groups in total. The summed E-state index contributed by atoms with van der Waals surface area (Å²) >= 11 is 0. The number of ether oxygens (including phenoxy) is 3. The van der Waals surface area contributed by atoms with Gasteiger partial charge in [0.15, 0.2) is 5.78 Å². The third kappa shape index (κ3) is 4.83. The fourth-order valence-corrected chi connectivity index (χ4v) is 3.63. The minimum Gasteiger partial charge on any atom is -0.496 e. The van der Waals surface area contributed by atoms with Crippen LogP contribution < -0.4 is 14.2 Å². The van der Waals surface area contributed by atoms with E-state index in [0.29, 0.717) is 35.0 Å². The Morgan fingerprint density at radius 1 is 1.06 bits per heavy atom. The van der Waals surface area contributed by atoms with Crippen LogP contribution in [-0.2, 0) is 6.42 Å². The van der Waals surface area contributed by atoms with Crippen molar-refractivity contribution in [1.29, 1.82) is 0 Å². The van der Waals surface area contributed by atoms with Gasteiger partial charge in [0.1, 0.15) is 34.9 Å². The first-order valence-corrected chi connectivity index (χ1v) is 10.5. The minimum atomic E-state index is -0.386. The van der Waals surface area contributed by atoms with Gasteiger partial charge in [-0.2, -0.15) is 0 Å². The van der Waals surface area contributed by atoms with Crippen LogP contribution in [0, 0.1) is 5.82 Å². The van der Waals surface area contributed by atoms with Crippen molar-refractivity contribution in [2.24, 2.45) is 0 Å². The topological polar surface area (TPSA) is 44.8 Å². The zero-order valence-electron chi connectivity index (χ0n) is 18.4. The number of halogens is 1. The van der Waals surface area contributed by atoms with Crippen LogP contribution in [0.15, 0.2) is 72.3 Å². The molecular formula is C27H25FO4. The van der Waals surface area contributed by atoms with Gasteiger partial charge in [0.05, 0.1) is 19.1 Å². The van der Waals surface area contributed by atoms with E-state index in [1.807, 2.05) is 44.2 Å². The second-order valence-corrected chi connectivity index (χ2v) is 8.00. The van der Waals surface area contributed by atoms with Crippen LogP contribution in [0.3, 0.4) is 0 Å². The van der Waals surface area contributed by atoms with Gasteiger partial charge in [-0.3, -0.25) is 4.79 Å². The highest BCUT2D eigenvalue weighted by molar-refractivity contribution is 6.00. The molecule has 1 atom stereocenters. The van der Waals surface area contributed by atoms with Gasteiger partial charge in [0, 0.05) is 6.07 Å². The first kappa shape index (κ1) is 21.6. The van der Waals surface area contributed by atoms with Crippen LogP contribution in [0.25, 0.3) is 0 Å². The lowest BCUT2D eigenvalue weighted by molar-refractivity contribution is 0.0849. The summed E-state index contributed by atoms with van der Waals surface area (Å²) in [6.07, 6.45) is 2.68. The van der Waals surface area contributed by atoms with E-state index in [4.69, 9.17) is 14.2 Å². The number of hydrogen-bond acceptors (Lipinski definition) is 4. The first-order valence-electron chi connectivity index (χ1n) is 10.5. The van der Waals surface area contributed by atoms with Gasteiger partial charge in [-0.15, -0.1) is 0 Å². The fourth-order valence-electron chi connectivity index (χ4n) is 3.63. The van der Waals surface area contributed by atoms with Crippen LogP contribution in [0.2, 0.25) is 0 Å². The highest BCUT2D eigenvalue weighted by Crippen LogP contribution is 2.39. The van der Waals surface area contributed by atoms with E-state index >= 15 is 0 Å². The molecule has 32 heavy (non-hydrogen) atoms. The maximum atomic E-state index is 13.1. The molecular weight excluding hydrogens is 407 g/mol. The Balaban J connectivity index is 1.53. The normalized spacial score (nSPS) is 14.9. The molecule has 4 nitrogen and oxygen atoms in total. The van der Waals surface area contributed by atoms with E-state index in [2.05, 4.69) is 6.08 Å². The zero-order valence-corrected chi connectivity index (χ0v) is 18.4. The SMILES string of the molecule is COc1cc2c(cc1CC=C(C)C)C(=O)C[C@@H](c1ccc(Oc3ccc(F)cc3)cc1)O2. The van der Waals surface area contributed by atoms with Gasteiger partial charge in [-0.25, -0.2) is 4.39 Å². The van der Waals surface area contributed by atoms with Crippen LogP contribution in [-0.4, -0.2) is 12.9 Å². The number of carbonyl (C=O) groups excluding carboxylic acids is 1.